The summed E-state index contributed by atoms with van der Waals surface area (Å²) >= 11 is 0. The number of hydrogen-bond donors (Lipinski definition) is 0. The molecule has 1 heterocycles. The topological polar surface area (TPSA) is 18.5 Å². The molecule has 1 atom stereocenters. The van der Waals surface area contributed by atoms with Gasteiger partial charge in [-0.2, -0.15) is 0 Å². The first-order valence-electron chi connectivity index (χ1n) is 3.63. The van der Waals surface area contributed by atoms with Crippen molar-refractivity contribution >= 4 is 0 Å². The average Bonchev–Trinajstić information content (AvgIpc) is 1.85. The summed E-state index contributed by atoms with van der Waals surface area (Å²) in [5.41, 5.74) is 0.100. The van der Waals surface area contributed by atoms with E-state index in [4.69, 9.17) is 9.47 Å². The van der Waals surface area contributed by atoms with E-state index in [1.165, 1.54) is 6.26 Å². The van der Waals surface area contributed by atoms with Gasteiger partial charge in [-0.15, -0.1) is 0 Å². The second kappa shape index (κ2) is 3.06. The number of ether oxygens (including phenoxy) is 2. The van der Waals surface area contributed by atoms with E-state index in [0.717, 1.165) is 26.1 Å². The van der Waals surface area contributed by atoms with Crippen LogP contribution in [0, 0.1) is 0 Å². The Hall–Kier alpha value is -0.500. The third-order valence-corrected chi connectivity index (χ3v) is 1.95. The van der Waals surface area contributed by atoms with Gasteiger partial charge in [-0.3, -0.25) is 0 Å². The highest BCUT2D eigenvalue weighted by Gasteiger charge is 2.32. The molecule has 0 aromatic heterocycles. The minimum atomic E-state index is 0.100. The Morgan fingerprint density at radius 1 is 1.80 bits per heavy atom. The maximum Gasteiger partial charge on any atom is 0.0900 e. The van der Waals surface area contributed by atoms with E-state index >= 15 is 0 Å². The first kappa shape index (κ1) is 7.61. The second-order valence-corrected chi connectivity index (χ2v) is 2.84. The fourth-order valence-corrected chi connectivity index (χ4v) is 1.01. The molecule has 58 valence electrons. The zero-order chi connectivity index (χ0) is 7.45. The number of hydrogen-bond acceptors (Lipinski definition) is 2. The van der Waals surface area contributed by atoms with Crippen LogP contribution in [-0.4, -0.2) is 18.8 Å². The fraction of sp³-hybridized carbons (Fsp3) is 0.750. The van der Waals surface area contributed by atoms with Gasteiger partial charge in [0.2, 0.25) is 0 Å². The van der Waals surface area contributed by atoms with E-state index in [-0.39, 0.29) is 5.60 Å². The van der Waals surface area contributed by atoms with Gasteiger partial charge in [0, 0.05) is 6.42 Å². The van der Waals surface area contributed by atoms with Crippen LogP contribution in [-0.2, 0) is 9.47 Å². The smallest absolute Gasteiger partial charge is 0.0900 e. The molecule has 0 spiro atoms. The zero-order valence-corrected chi connectivity index (χ0v) is 6.43. The van der Waals surface area contributed by atoms with Crippen molar-refractivity contribution in [1.29, 1.82) is 0 Å². The van der Waals surface area contributed by atoms with E-state index in [1.54, 1.807) is 0 Å². The highest BCUT2D eigenvalue weighted by molar-refractivity contribution is 4.82. The summed E-state index contributed by atoms with van der Waals surface area (Å²) in [4.78, 5) is 0. The van der Waals surface area contributed by atoms with Crippen LogP contribution in [0.4, 0.5) is 0 Å². The largest absolute Gasteiger partial charge is 0.502 e. The molecular weight excluding hydrogens is 128 g/mol. The molecule has 1 saturated heterocycles. The Labute approximate surface area is 61.8 Å². The van der Waals surface area contributed by atoms with Crippen molar-refractivity contribution in [1.82, 2.24) is 0 Å². The summed E-state index contributed by atoms with van der Waals surface area (Å²) in [5, 5.41) is 0. The van der Waals surface area contributed by atoms with Crippen LogP contribution in [0.25, 0.3) is 0 Å². The first-order chi connectivity index (χ1) is 4.77. The lowest BCUT2D eigenvalue weighted by Crippen LogP contribution is -2.41. The molecule has 2 heteroatoms. The standard InChI is InChI=1S/C8H14O2/c1-3-9-6-4-8(2)5-7-10-8/h3H,1,4-7H2,2H3. The van der Waals surface area contributed by atoms with Crippen molar-refractivity contribution < 1.29 is 9.47 Å². The Bertz CT molecular complexity index is 116. The minimum absolute atomic E-state index is 0.100. The number of rotatable bonds is 4. The van der Waals surface area contributed by atoms with Crippen molar-refractivity contribution in [2.75, 3.05) is 13.2 Å². The molecule has 0 amide bonds. The van der Waals surface area contributed by atoms with Gasteiger partial charge in [0.1, 0.15) is 0 Å². The third kappa shape index (κ3) is 1.74. The molecule has 0 aliphatic carbocycles. The van der Waals surface area contributed by atoms with Crippen LogP contribution in [0.3, 0.4) is 0 Å². The third-order valence-electron chi connectivity index (χ3n) is 1.95. The van der Waals surface area contributed by atoms with Crippen molar-refractivity contribution in [2.24, 2.45) is 0 Å². The summed E-state index contributed by atoms with van der Waals surface area (Å²) in [6.45, 7) is 7.20. The SMILES string of the molecule is C=COCCC1(C)CCO1. The van der Waals surface area contributed by atoms with E-state index in [2.05, 4.69) is 13.5 Å². The molecule has 1 fully saturated rings. The molecule has 1 aliphatic heterocycles. The van der Waals surface area contributed by atoms with E-state index in [1.807, 2.05) is 0 Å². The maximum atomic E-state index is 5.35. The fourth-order valence-electron chi connectivity index (χ4n) is 1.01. The molecule has 0 saturated carbocycles. The Kier molecular flexibility index (Phi) is 2.33. The molecular formula is C8H14O2. The van der Waals surface area contributed by atoms with Gasteiger partial charge < -0.3 is 9.47 Å². The molecule has 1 aliphatic rings. The van der Waals surface area contributed by atoms with E-state index < -0.39 is 0 Å². The molecule has 0 radical (unpaired) electrons. The summed E-state index contributed by atoms with van der Waals surface area (Å²) < 4.78 is 10.3. The lowest BCUT2D eigenvalue weighted by Gasteiger charge is -2.38. The molecule has 1 rings (SSSR count). The van der Waals surface area contributed by atoms with Crippen molar-refractivity contribution in [2.45, 2.75) is 25.4 Å². The molecule has 10 heavy (non-hydrogen) atoms. The minimum Gasteiger partial charge on any atom is -0.502 e. The van der Waals surface area contributed by atoms with Crippen molar-refractivity contribution in [3.63, 3.8) is 0 Å². The molecule has 0 N–H and O–H groups in total. The van der Waals surface area contributed by atoms with Crippen LogP contribution >= 0.6 is 0 Å². The molecule has 0 bridgehead atoms. The zero-order valence-electron chi connectivity index (χ0n) is 6.43. The van der Waals surface area contributed by atoms with Gasteiger partial charge in [0.15, 0.2) is 0 Å². The van der Waals surface area contributed by atoms with Gasteiger partial charge in [0.05, 0.1) is 25.1 Å². The van der Waals surface area contributed by atoms with Gasteiger partial charge in [0.25, 0.3) is 0 Å². The van der Waals surface area contributed by atoms with Crippen LogP contribution in [0.5, 0.6) is 0 Å². The van der Waals surface area contributed by atoms with Crippen molar-refractivity contribution in [3.8, 4) is 0 Å². The summed E-state index contributed by atoms with van der Waals surface area (Å²) in [6.07, 6.45) is 3.61. The normalized spacial score (nSPS) is 30.9. The van der Waals surface area contributed by atoms with Crippen LogP contribution in [0.2, 0.25) is 0 Å². The maximum absolute atomic E-state index is 5.35. The van der Waals surface area contributed by atoms with Crippen LogP contribution < -0.4 is 0 Å². The van der Waals surface area contributed by atoms with Gasteiger partial charge in [-0.25, -0.2) is 0 Å². The van der Waals surface area contributed by atoms with Crippen molar-refractivity contribution in [3.05, 3.63) is 12.8 Å². The lowest BCUT2D eigenvalue weighted by molar-refractivity contribution is -0.143. The predicted octanol–water partition coefficient (Wildman–Crippen LogP) is 1.72. The lowest BCUT2D eigenvalue weighted by atomic mass is 9.94. The highest BCUT2D eigenvalue weighted by atomic mass is 16.5. The predicted molar refractivity (Wildman–Crippen MR) is 39.7 cm³/mol. The first-order valence-corrected chi connectivity index (χ1v) is 3.63. The van der Waals surface area contributed by atoms with E-state index in [0.29, 0.717) is 0 Å². The second-order valence-electron chi connectivity index (χ2n) is 2.84. The quantitative estimate of drug-likeness (QED) is 0.439. The van der Waals surface area contributed by atoms with Crippen LogP contribution in [0.1, 0.15) is 19.8 Å². The van der Waals surface area contributed by atoms with Gasteiger partial charge >= 0.3 is 0 Å². The van der Waals surface area contributed by atoms with Crippen LogP contribution in [0.15, 0.2) is 12.8 Å². The Balaban J connectivity index is 2.06. The average molecular weight is 142 g/mol. The van der Waals surface area contributed by atoms with Gasteiger partial charge in [-0.1, -0.05) is 6.58 Å². The summed E-state index contributed by atoms with van der Waals surface area (Å²) in [7, 11) is 0. The van der Waals surface area contributed by atoms with Gasteiger partial charge in [-0.05, 0) is 13.3 Å². The highest BCUT2D eigenvalue weighted by Crippen LogP contribution is 2.28. The summed E-state index contributed by atoms with van der Waals surface area (Å²) in [5.74, 6) is 0. The molecule has 1 unspecified atom stereocenters. The summed E-state index contributed by atoms with van der Waals surface area (Å²) in [6, 6.07) is 0. The Morgan fingerprint density at radius 3 is 2.90 bits per heavy atom. The monoisotopic (exact) mass is 142 g/mol. The van der Waals surface area contributed by atoms with E-state index in [9.17, 15) is 0 Å². The molecule has 0 aromatic rings. The Morgan fingerprint density at radius 2 is 2.50 bits per heavy atom. The molecule has 2 nitrogen and oxygen atoms in total. The molecule has 0 aromatic carbocycles.